The quantitative estimate of drug-likeness (QED) is 0.828. The molecule has 5 heteroatoms. The van der Waals surface area contributed by atoms with E-state index in [0.29, 0.717) is 30.1 Å². The fraction of sp³-hybridized carbons (Fsp3) is 0.500. The van der Waals surface area contributed by atoms with Crippen molar-refractivity contribution in [3.05, 3.63) is 35.1 Å². The average Bonchev–Trinajstić information content (AvgIpc) is 2.36. The maximum atomic E-state index is 14.2. The van der Waals surface area contributed by atoms with Crippen LogP contribution in [0, 0.1) is 11.7 Å². The van der Waals surface area contributed by atoms with Gasteiger partial charge in [-0.05, 0) is 24.9 Å². The zero-order valence-electron chi connectivity index (χ0n) is 11.0. The normalized spacial score (nSPS) is 24.4. The molecule has 0 bridgehead atoms. The van der Waals surface area contributed by atoms with E-state index in [4.69, 9.17) is 18.0 Å². The van der Waals surface area contributed by atoms with Crippen LogP contribution in [-0.2, 0) is 6.54 Å². The van der Waals surface area contributed by atoms with Crippen LogP contribution in [0.15, 0.2) is 18.2 Å². The molecular weight excluding hydrogens is 263 g/mol. The number of nitrogens with zero attached hydrogens (tertiary/aromatic N) is 1. The Morgan fingerprint density at radius 3 is 2.95 bits per heavy atom. The van der Waals surface area contributed by atoms with Gasteiger partial charge in [0.1, 0.15) is 10.8 Å². The van der Waals surface area contributed by atoms with E-state index in [-0.39, 0.29) is 16.9 Å². The topological polar surface area (TPSA) is 49.5 Å². The minimum atomic E-state index is -0.344. The highest BCUT2D eigenvalue weighted by molar-refractivity contribution is 7.80. The zero-order chi connectivity index (χ0) is 14.0. The van der Waals surface area contributed by atoms with E-state index in [0.717, 1.165) is 13.0 Å². The van der Waals surface area contributed by atoms with Gasteiger partial charge in [-0.25, -0.2) is 4.39 Å². The number of halogens is 1. The molecule has 0 radical (unpaired) electrons. The van der Waals surface area contributed by atoms with Gasteiger partial charge in [-0.3, -0.25) is 4.90 Å². The number of thiocarbonyl (C=S) groups is 1. The lowest BCUT2D eigenvalue weighted by atomic mass is 9.95. The number of rotatable bonds is 3. The van der Waals surface area contributed by atoms with Gasteiger partial charge >= 0.3 is 0 Å². The summed E-state index contributed by atoms with van der Waals surface area (Å²) in [6.45, 7) is 3.97. The molecule has 104 valence electrons. The third kappa shape index (κ3) is 3.29. The van der Waals surface area contributed by atoms with Gasteiger partial charge in [0.2, 0.25) is 0 Å². The Balaban J connectivity index is 2.11. The molecule has 3 N–H and O–H groups in total. The van der Waals surface area contributed by atoms with E-state index < -0.39 is 0 Å². The minimum Gasteiger partial charge on any atom is -0.392 e. The van der Waals surface area contributed by atoms with Gasteiger partial charge in [-0.1, -0.05) is 31.3 Å². The molecule has 1 fully saturated rings. The summed E-state index contributed by atoms with van der Waals surface area (Å²) in [6.07, 6.45) is 0.591. The Labute approximate surface area is 118 Å². The van der Waals surface area contributed by atoms with Crippen LogP contribution in [0.5, 0.6) is 0 Å². The molecule has 2 rings (SSSR count). The highest BCUT2D eigenvalue weighted by Crippen LogP contribution is 2.21. The third-order valence-corrected chi connectivity index (χ3v) is 3.96. The second-order valence-electron chi connectivity index (χ2n) is 5.21. The maximum Gasteiger partial charge on any atom is 0.137 e. The smallest absolute Gasteiger partial charge is 0.137 e. The lowest BCUT2D eigenvalue weighted by molar-refractivity contribution is 0.0255. The van der Waals surface area contributed by atoms with Crippen LogP contribution in [-0.4, -0.2) is 34.2 Å². The molecule has 2 atom stereocenters. The number of hydrogen-bond acceptors (Lipinski definition) is 3. The number of likely N-dealkylation sites (tertiary alicyclic amines) is 1. The lowest BCUT2D eigenvalue weighted by Crippen LogP contribution is -2.42. The second kappa shape index (κ2) is 5.94. The first-order valence-electron chi connectivity index (χ1n) is 6.46. The molecule has 0 saturated carbocycles. The molecular formula is C14H19FN2OS. The van der Waals surface area contributed by atoms with Crippen LogP contribution in [0.25, 0.3) is 0 Å². The van der Waals surface area contributed by atoms with Gasteiger partial charge in [-0.15, -0.1) is 0 Å². The largest absolute Gasteiger partial charge is 0.392 e. The standard InChI is InChI=1S/C14H19FN2OS/c1-9-5-6-17(8-12(9)18)7-10-3-2-4-11(13(10)15)14(16)19/h2-4,9,12,18H,5-8H2,1H3,(H2,16,19). The number of aliphatic hydroxyl groups is 1. The van der Waals surface area contributed by atoms with E-state index in [1.807, 2.05) is 6.92 Å². The molecule has 0 aromatic heterocycles. The monoisotopic (exact) mass is 282 g/mol. The summed E-state index contributed by atoms with van der Waals surface area (Å²) in [5, 5.41) is 9.86. The molecule has 1 heterocycles. The van der Waals surface area contributed by atoms with Gasteiger partial charge in [0.25, 0.3) is 0 Å². The first-order valence-corrected chi connectivity index (χ1v) is 6.87. The first-order chi connectivity index (χ1) is 8.99. The number of piperidine rings is 1. The fourth-order valence-corrected chi connectivity index (χ4v) is 2.55. The van der Waals surface area contributed by atoms with Crippen molar-refractivity contribution in [3.63, 3.8) is 0 Å². The van der Waals surface area contributed by atoms with Crippen LogP contribution >= 0.6 is 12.2 Å². The van der Waals surface area contributed by atoms with Crippen molar-refractivity contribution in [3.8, 4) is 0 Å². The Hall–Kier alpha value is -1.04. The summed E-state index contributed by atoms with van der Waals surface area (Å²) in [5.41, 5.74) is 6.36. The van der Waals surface area contributed by atoms with Crippen molar-refractivity contribution >= 4 is 17.2 Å². The van der Waals surface area contributed by atoms with E-state index in [2.05, 4.69) is 4.90 Å². The summed E-state index contributed by atoms with van der Waals surface area (Å²) in [5.74, 6) is -0.0350. The van der Waals surface area contributed by atoms with E-state index in [9.17, 15) is 9.50 Å². The number of nitrogens with two attached hydrogens (primary N) is 1. The van der Waals surface area contributed by atoms with Crippen molar-refractivity contribution in [2.45, 2.75) is 26.0 Å². The third-order valence-electron chi connectivity index (χ3n) is 3.74. The van der Waals surface area contributed by atoms with Crippen molar-refractivity contribution in [2.75, 3.05) is 13.1 Å². The molecule has 1 aliphatic heterocycles. The molecule has 0 aliphatic carbocycles. The van der Waals surface area contributed by atoms with Crippen LogP contribution < -0.4 is 5.73 Å². The molecule has 1 aromatic carbocycles. The Bertz CT molecular complexity index is 481. The lowest BCUT2D eigenvalue weighted by Gasteiger charge is -2.34. The van der Waals surface area contributed by atoms with Crippen molar-refractivity contribution in [1.82, 2.24) is 4.90 Å². The number of aliphatic hydroxyl groups excluding tert-OH is 1. The molecule has 3 nitrogen and oxygen atoms in total. The summed E-state index contributed by atoms with van der Waals surface area (Å²) < 4.78 is 14.2. The molecule has 1 aromatic rings. The molecule has 1 aliphatic rings. The van der Waals surface area contributed by atoms with Crippen molar-refractivity contribution < 1.29 is 9.50 Å². The molecule has 0 spiro atoms. The Morgan fingerprint density at radius 2 is 2.32 bits per heavy atom. The molecule has 2 unspecified atom stereocenters. The molecule has 0 amide bonds. The highest BCUT2D eigenvalue weighted by atomic mass is 32.1. The average molecular weight is 282 g/mol. The van der Waals surface area contributed by atoms with E-state index >= 15 is 0 Å². The molecule has 19 heavy (non-hydrogen) atoms. The van der Waals surface area contributed by atoms with E-state index in [1.165, 1.54) is 0 Å². The van der Waals surface area contributed by atoms with Crippen LogP contribution in [0.1, 0.15) is 24.5 Å². The SMILES string of the molecule is CC1CCN(Cc2cccc(C(N)=S)c2F)CC1O. The maximum absolute atomic E-state index is 14.2. The van der Waals surface area contributed by atoms with Gasteiger partial charge in [0.15, 0.2) is 0 Å². The summed E-state index contributed by atoms with van der Waals surface area (Å²) in [7, 11) is 0. The van der Waals surface area contributed by atoms with E-state index in [1.54, 1.807) is 18.2 Å². The predicted octanol–water partition coefficient (Wildman–Crippen LogP) is 1.66. The van der Waals surface area contributed by atoms with Crippen molar-refractivity contribution in [1.29, 1.82) is 0 Å². The number of hydrogen-bond donors (Lipinski definition) is 2. The van der Waals surface area contributed by atoms with Crippen molar-refractivity contribution in [2.24, 2.45) is 11.7 Å². The fourth-order valence-electron chi connectivity index (χ4n) is 2.39. The molecule has 1 saturated heterocycles. The van der Waals surface area contributed by atoms with Crippen LogP contribution in [0.2, 0.25) is 0 Å². The summed E-state index contributed by atoms with van der Waals surface area (Å²) in [6, 6.07) is 5.09. The predicted molar refractivity (Wildman–Crippen MR) is 77.4 cm³/mol. The van der Waals surface area contributed by atoms with Crippen LogP contribution in [0.3, 0.4) is 0 Å². The first kappa shape index (κ1) is 14.4. The summed E-state index contributed by atoms with van der Waals surface area (Å²) in [4.78, 5) is 2.14. The number of benzene rings is 1. The van der Waals surface area contributed by atoms with Gasteiger partial charge in [0, 0.05) is 24.2 Å². The van der Waals surface area contributed by atoms with Gasteiger partial charge in [-0.2, -0.15) is 0 Å². The summed E-state index contributed by atoms with van der Waals surface area (Å²) >= 11 is 4.83. The van der Waals surface area contributed by atoms with Crippen LogP contribution in [0.4, 0.5) is 4.39 Å². The second-order valence-corrected chi connectivity index (χ2v) is 5.65. The van der Waals surface area contributed by atoms with Gasteiger partial charge in [0.05, 0.1) is 6.10 Å². The number of β-amino-alcohol motifs (C(OH)–C–C–N with tert-alkyl or cyclic N) is 1. The zero-order valence-corrected chi connectivity index (χ0v) is 11.8. The minimum absolute atomic E-state index is 0.0756. The van der Waals surface area contributed by atoms with Gasteiger partial charge < -0.3 is 10.8 Å². The Kier molecular flexibility index (Phi) is 4.50. The highest BCUT2D eigenvalue weighted by Gasteiger charge is 2.25. The Morgan fingerprint density at radius 1 is 1.58 bits per heavy atom.